The summed E-state index contributed by atoms with van der Waals surface area (Å²) in [5, 5.41) is 0.873. The summed E-state index contributed by atoms with van der Waals surface area (Å²) >= 11 is 1.61. The Morgan fingerprint density at radius 2 is 2.05 bits per heavy atom. The number of thioether (sulfide) groups is 1. The molecule has 0 aliphatic carbocycles. The Kier molecular flexibility index (Phi) is 6.67. The molecule has 0 bridgehead atoms. The molecule has 0 spiro atoms. The SMILES string of the molecule is CCSc1ccc(C(=O)N(C)[C@@H](C)CS(=O)(=O)CC)cn1. The molecule has 0 radical (unpaired) electrons. The van der Waals surface area contributed by atoms with Crippen LogP contribution in [0.2, 0.25) is 0 Å². The molecule has 1 amide bonds. The number of sulfone groups is 1. The summed E-state index contributed by atoms with van der Waals surface area (Å²) in [7, 11) is -1.49. The average molecular weight is 330 g/mol. The lowest BCUT2D eigenvalue weighted by atomic mass is 10.2. The van der Waals surface area contributed by atoms with Gasteiger partial charge in [-0.1, -0.05) is 13.8 Å². The number of amides is 1. The fourth-order valence-corrected chi connectivity index (χ4v) is 3.52. The van der Waals surface area contributed by atoms with Crippen molar-refractivity contribution < 1.29 is 13.2 Å². The number of carbonyl (C=O) groups excluding carboxylic acids is 1. The molecule has 0 aliphatic heterocycles. The van der Waals surface area contributed by atoms with Crippen LogP contribution in [-0.2, 0) is 9.84 Å². The van der Waals surface area contributed by atoms with Gasteiger partial charge in [0.2, 0.25) is 0 Å². The number of hydrogen-bond acceptors (Lipinski definition) is 5. The highest BCUT2D eigenvalue weighted by molar-refractivity contribution is 7.99. The lowest BCUT2D eigenvalue weighted by molar-refractivity contribution is 0.0756. The molecule has 1 heterocycles. The number of carbonyl (C=O) groups is 1. The van der Waals surface area contributed by atoms with Gasteiger partial charge < -0.3 is 4.90 Å². The van der Waals surface area contributed by atoms with Crippen LogP contribution in [0.15, 0.2) is 23.4 Å². The first-order chi connectivity index (χ1) is 9.80. The lowest BCUT2D eigenvalue weighted by Crippen LogP contribution is -2.39. The Hall–Kier alpha value is -1.08. The zero-order chi connectivity index (χ0) is 16.0. The lowest BCUT2D eigenvalue weighted by Gasteiger charge is -2.24. The summed E-state index contributed by atoms with van der Waals surface area (Å²) in [6.45, 7) is 5.38. The van der Waals surface area contributed by atoms with Crippen LogP contribution in [0.5, 0.6) is 0 Å². The molecular weight excluding hydrogens is 308 g/mol. The minimum Gasteiger partial charge on any atom is -0.338 e. The van der Waals surface area contributed by atoms with Gasteiger partial charge in [0, 0.05) is 25.0 Å². The summed E-state index contributed by atoms with van der Waals surface area (Å²) in [6, 6.07) is 3.17. The van der Waals surface area contributed by atoms with Gasteiger partial charge >= 0.3 is 0 Å². The Morgan fingerprint density at radius 1 is 1.38 bits per heavy atom. The van der Waals surface area contributed by atoms with Gasteiger partial charge in [-0.05, 0) is 24.8 Å². The van der Waals surface area contributed by atoms with E-state index in [0.717, 1.165) is 10.8 Å². The largest absolute Gasteiger partial charge is 0.338 e. The summed E-state index contributed by atoms with van der Waals surface area (Å²) < 4.78 is 23.3. The molecule has 1 aromatic heterocycles. The first kappa shape index (κ1) is 18.0. The van der Waals surface area contributed by atoms with Crippen LogP contribution in [0.4, 0.5) is 0 Å². The predicted molar refractivity (Wildman–Crippen MR) is 86.5 cm³/mol. The van der Waals surface area contributed by atoms with E-state index in [9.17, 15) is 13.2 Å². The number of rotatable bonds is 7. The van der Waals surface area contributed by atoms with Crippen molar-refractivity contribution in [3.05, 3.63) is 23.9 Å². The quantitative estimate of drug-likeness (QED) is 0.716. The highest BCUT2D eigenvalue weighted by atomic mass is 32.2. The molecule has 0 N–H and O–H groups in total. The van der Waals surface area contributed by atoms with Gasteiger partial charge in [0.1, 0.15) is 0 Å². The Labute approximate surface area is 131 Å². The molecule has 1 aromatic rings. The van der Waals surface area contributed by atoms with E-state index < -0.39 is 9.84 Å². The van der Waals surface area contributed by atoms with Crippen molar-refractivity contribution in [3.63, 3.8) is 0 Å². The molecule has 0 saturated heterocycles. The first-order valence-corrected chi connectivity index (χ1v) is 9.67. The molecule has 1 rings (SSSR count). The minimum absolute atomic E-state index is 0.0249. The summed E-state index contributed by atoms with van der Waals surface area (Å²) in [6.07, 6.45) is 1.54. The molecule has 0 unspecified atom stereocenters. The molecular formula is C14H22N2O3S2. The van der Waals surface area contributed by atoms with E-state index in [0.29, 0.717) is 5.56 Å². The molecule has 118 valence electrons. The Bertz CT molecular complexity index is 570. The van der Waals surface area contributed by atoms with E-state index in [1.165, 1.54) is 11.1 Å². The van der Waals surface area contributed by atoms with Crippen molar-refractivity contribution in [2.45, 2.75) is 31.8 Å². The molecule has 5 nitrogen and oxygen atoms in total. The maximum atomic E-state index is 12.3. The summed E-state index contributed by atoms with van der Waals surface area (Å²) in [5.41, 5.74) is 0.471. The summed E-state index contributed by atoms with van der Waals surface area (Å²) in [4.78, 5) is 18.0. The van der Waals surface area contributed by atoms with Crippen LogP contribution >= 0.6 is 11.8 Å². The highest BCUT2D eigenvalue weighted by Gasteiger charge is 2.22. The average Bonchev–Trinajstić information content (AvgIpc) is 2.46. The second-order valence-electron chi connectivity index (χ2n) is 4.78. The van der Waals surface area contributed by atoms with Crippen LogP contribution < -0.4 is 0 Å². The molecule has 7 heteroatoms. The molecule has 0 fully saturated rings. The smallest absolute Gasteiger partial charge is 0.255 e. The van der Waals surface area contributed by atoms with E-state index in [-0.39, 0.29) is 23.5 Å². The zero-order valence-corrected chi connectivity index (χ0v) is 14.5. The van der Waals surface area contributed by atoms with Crippen LogP contribution in [-0.4, -0.2) is 54.6 Å². The monoisotopic (exact) mass is 330 g/mol. The third kappa shape index (κ3) is 5.32. The predicted octanol–water partition coefficient (Wildman–Crippen LogP) is 2.09. The van der Waals surface area contributed by atoms with Gasteiger partial charge in [-0.3, -0.25) is 4.79 Å². The Morgan fingerprint density at radius 3 is 2.52 bits per heavy atom. The van der Waals surface area contributed by atoms with Gasteiger partial charge in [0.15, 0.2) is 9.84 Å². The third-order valence-electron chi connectivity index (χ3n) is 3.19. The van der Waals surface area contributed by atoms with Crippen molar-refractivity contribution in [1.82, 2.24) is 9.88 Å². The fraction of sp³-hybridized carbons (Fsp3) is 0.571. The van der Waals surface area contributed by atoms with Crippen LogP contribution in [0.3, 0.4) is 0 Å². The number of hydrogen-bond donors (Lipinski definition) is 0. The van der Waals surface area contributed by atoms with Crippen molar-refractivity contribution >= 4 is 27.5 Å². The molecule has 21 heavy (non-hydrogen) atoms. The standard InChI is InChI=1S/C14H22N2O3S2/c1-5-20-13-8-7-12(9-15-13)14(17)16(4)11(3)10-21(18,19)6-2/h7-9,11H,5-6,10H2,1-4H3/t11-/m0/s1. The van der Waals surface area contributed by atoms with Crippen molar-refractivity contribution in [3.8, 4) is 0 Å². The first-order valence-electron chi connectivity index (χ1n) is 6.87. The van der Waals surface area contributed by atoms with Gasteiger partial charge in [0.05, 0.1) is 16.3 Å². The van der Waals surface area contributed by atoms with Gasteiger partial charge in [-0.15, -0.1) is 11.8 Å². The zero-order valence-electron chi connectivity index (χ0n) is 12.9. The number of nitrogens with zero attached hydrogens (tertiary/aromatic N) is 2. The maximum absolute atomic E-state index is 12.3. The maximum Gasteiger partial charge on any atom is 0.255 e. The van der Waals surface area contributed by atoms with Crippen LogP contribution in [0.25, 0.3) is 0 Å². The van der Waals surface area contributed by atoms with Gasteiger partial charge in [-0.2, -0.15) is 0 Å². The van der Waals surface area contributed by atoms with E-state index in [1.54, 1.807) is 38.7 Å². The third-order valence-corrected chi connectivity index (χ3v) is 5.89. The summed E-state index contributed by atoms with van der Waals surface area (Å²) in [5.74, 6) is 0.771. The molecule has 0 aliphatic rings. The minimum atomic E-state index is -3.11. The van der Waals surface area contributed by atoms with E-state index >= 15 is 0 Å². The van der Waals surface area contributed by atoms with E-state index in [4.69, 9.17) is 0 Å². The van der Waals surface area contributed by atoms with Crippen LogP contribution in [0, 0.1) is 0 Å². The topological polar surface area (TPSA) is 67.3 Å². The fourth-order valence-electron chi connectivity index (χ4n) is 1.74. The van der Waals surface area contributed by atoms with Gasteiger partial charge in [-0.25, -0.2) is 13.4 Å². The number of aromatic nitrogens is 1. The van der Waals surface area contributed by atoms with Gasteiger partial charge in [0.25, 0.3) is 5.91 Å². The van der Waals surface area contributed by atoms with Crippen molar-refractivity contribution in [2.24, 2.45) is 0 Å². The second kappa shape index (κ2) is 7.79. The highest BCUT2D eigenvalue weighted by Crippen LogP contribution is 2.15. The number of pyridine rings is 1. The van der Waals surface area contributed by atoms with Crippen molar-refractivity contribution in [1.29, 1.82) is 0 Å². The second-order valence-corrected chi connectivity index (χ2v) is 8.46. The normalized spacial score (nSPS) is 13.0. The van der Waals surface area contributed by atoms with E-state index in [1.807, 2.05) is 13.0 Å². The molecule has 1 atom stereocenters. The molecule has 0 saturated carbocycles. The van der Waals surface area contributed by atoms with E-state index in [2.05, 4.69) is 4.98 Å². The van der Waals surface area contributed by atoms with Crippen molar-refractivity contribution in [2.75, 3.05) is 24.3 Å². The molecule has 0 aromatic carbocycles. The Balaban J connectivity index is 2.77. The van der Waals surface area contributed by atoms with Crippen LogP contribution in [0.1, 0.15) is 31.1 Å².